The third-order valence-electron chi connectivity index (χ3n) is 2.40. The number of halogens is 2. The second-order valence-corrected chi connectivity index (χ2v) is 4.53. The highest BCUT2D eigenvalue weighted by atomic mass is 35.5. The standard InChI is InChI=1S/C12H17Cl2NO/c1-9(15-6-3-7-16-2)11-5-4-10(13)8-12(11)14/h4-5,8-9,15H,3,6-7H2,1-2H3. The van der Waals surface area contributed by atoms with Crippen molar-refractivity contribution < 1.29 is 4.74 Å². The summed E-state index contributed by atoms with van der Waals surface area (Å²) >= 11 is 12.0. The van der Waals surface area contributed by atoms with Crippen LogP contribution in [0.5, 0.6) is 0 Å². The van der Waals surface area contributed by atoms with Gasteiger partial charge in [0.2, 0.25) is 0 Å². The molecule has 0 aliphatic heterocycles. The number of benzene rings is 1. The van der Waals surface area contributed by atoms with Gasteiger partial charge >= 0.3 is 0 Å². The van der Waals surface area contributed by atoms with Crippen molar-refractivity contribution in [3.63, 3.8) is 0 Å². The smallest absolute Gasteiger partial charge is 0.0474 e. The fourth-order valence-electron chi connectivity index (χ4n) is 1.50. The van der Waals surface area contributed by atoms with E-state index in [9.17, 15) is 0 Å². The Labute approximate surface area is 107 Å². The molecule has 90 valence electrons. The summed E-state index contributed by atoms with van der Waals surface area (Å²) in [6, 6.07) is 5.81. The van der Waals surface area contributed by atoms with Gasteiger partial charge in [0.15, 0.2) is 0 Å². The highest BCUT2D eigenvalue weighted by Crippen LogP contribution is 2.25. The minimum atomic E-state index is 0.224. The van der Waals surface area contributed by atoms with Gasteiger partial charge < -0.3 is 10.1 Å². The van der Waals surface area contributed by atoms with Gasteiger partial charge in [0.1, 0.15) is 0 Å². The van der Waals surface area contributed by atoms with Gasteiger partial charge in [0, 0.05) is 29.8 Å². The summed E-state index contributed by atoms with van der Waals surface area (Å²) in [7, 11) is 1.71. The van der Waals surface area contributed by atoms with Crippen molar-refractivity contribution in [1.29, 1.82) is 0 Å². The quantitative estimate of drug-likeness (QED) is 0.789. The molecular weight excluding hydrogens is 245 g/mol. The summed E-state index contributed by atoms with van der Waals surface area (Å²) in [5.41, 5.74) is 1.07. The fraction of sp³-hybridized carbons (Fsp3) is 0.500. The van der Waals surface area contributed by atoms with Crippen LogP contribution >= 0.6 is 23.2 Å². The Bertz CT molecular complexity index is 331. The van der Waals surface area contributed by atoms with Gasteiger partial charge in [-0.1, -0.05) is 29.3 Å². The summed E-state index contributed by atoms with van der Waals surface area (Å²) in [6.07, 6.45) is 0.992. The lowest BCUT2D eigenvalue weighted by Gasteiger charge is -2.15. The first-order chi connectivity index (χ1) is 7.65. The highest BCUT2D eigenvalue weighted by molar-refractivity contribution is 6.35. The van der Waals surface area contributed by atoms with Crippen LogP contribution < -0.4 is 5.32 Å². The van der Waals surface area contributed by atoms with Crippen LogP contribution in [0.25, 0.3) is 0 Å². The lowest BCUT2D eigenvalue weighted by molar-refractivity contribution is 0.193. The Morgan fingerprint density at radius 2 is 2.12 bits per heavy atom. The van der Waals surface area contributed by atoms with Crippen LogP contribution in [0.1, 0.15) is 24.9 Å². The maximum atomic E-state index is 6.12. The van der Waals surface area contributed by atoms with Gasteiger partial charge in [-0.2, -0.15) is 0 Å². The molecule has 1 unspecified atom stereocenters. The molecule has 1 aromatic rings. The maximum Gasteiger partial charge on any atom is 0.0474 e. The van der Waals surface area contributed by atoms with E-state index < -0.39 is 0 Å². The number of ether oxygens (including phenoxy) is 1. The first kappa shape index (κ1) is 13.8. The largest absolute Gasteiger partial charge is 0.385 e. The molecule has 2 nitrogen and oxygen atoms in total. The molecule has 1 rings (SSSR count). The van der Waals surface area contributed by atoms with Gasteiger partial charge in [-0.3, -0.25) is 0 Å². The first-order valence-corrected chi connectivity index (χ1v) is 6.08. The number of rotatable bonds is 6. The zero-order valence-electron chi connectivity index (χ0n) is 9.59. The van der Waals surface area contributed by atoms with Gasteiger partial charge in [-0.25, -0.2) is 0 Å². The van der Waals surface area contributed by atoms with Crippen molar-refractivity contribution in [3.8, 4) is 0 Å². The average Bonchev–Trinajstić information content (AvgIpc) is 2.24. The molecule has 1 aromatic carbocycles. The highest BCUT2D eigenvalue weighted by Gasteiger charge is 2.08. The summed E-state index contributed by atoms with van der Waals surface area (Å²) in [6.45, 7) is 3.77. The molecule has 0 aliphatic carbocycles. The predicted octanol–water partition coefficient (Wildman–Crippen LogP) is 3.68. The van der Waals surface area contributed by atoms with E-state index in [0.29, 0.717) is 10.0 Å². The average molecular weight is 262 g/mol. The Balaban J connectivity index is 2.49. The van der Waals surface area contributed by atoms with Crippen molar-refractivity contribution in [2.24, 2.45) is 0 Å². The van der Waals surface area contributed by atoms with E-state index in [1.807, 2.05) is 12.1 Å². The lowest BCUT2D eigenvalue weighted by atomic mass is 10.1. The van der Waals surface area contributed by atoms with E-state index >= 15 is 0 Å². The maximum absolute atomic E-state index is 6.12. The lowest BCUT2D eigenvalue weighted by Crippen LogP contribution is -2.21. The molecular formula is C12H17Cl2NO. The van der Waals surface area contributed by atoms with Crippen LogP contribution in [0, 0.1) is 0 Å². The van der Waals surface area contributed by atoms with Gasteiger partial charge in [0.05, 0.1) is 0 Å². The van der Waals surface area contributed by atoms with Crippen LogP contribution in [-0.4, -0.2) is 20.3 Å². The molecule has 0 fully saturated rings. The molecule has 0 bridgehead atoms. The molecule has 0 aliphatic rings. The van der Waals surface area contributed by atoms with Crippen molar-refractivity contribution in [2.45, 2.75) is 19.4 Å². The summed E-state index contributed by atoms with van der Waals surface area (Å²) in [5.74, 6) is 0. The van der Waals surface area contributed by atoms with Crippen LogP contribution in [0.2, 0.25) is 10.0 Å². The number of hydrogen-bond donors (Lipinski definition) is 1. The van der Waals surface area contributed by atoms with E-state index in [2.05, 4.69) is 12.2 Å². The normalized spacial score (nSPS) is 12.8. The second-order valence-electron chi connectivity index (χ2n) is 3.69. The van der Waals surface area contributed by atoms with Crippen molar-refractivity contribution in [1.82, 2.24) is 5.32 Å². The molecule has 4 heteroatoms. The number of methoxy groups -OCH3 is 1. The molecule has 1 atom stereocenters. The van der Waals surface area contributed by atoms with E-state index in [1.165, 1.54) is 0 Å². The molecule has 1 N–H and O–H groups in total. The van der Waals surface area contributed by atoms with E-state index in [4.69, 9.17) is 27.9 Å². The van der Waals surface area contributed by atoms with Crippen LogP contribution in [0.3, 0.4) is 0 Å². The van der Waals surface area contributed by atoms with Crippen LogP contribution in [0.4, 0.5) is 0 Å². The van der Waals surface area contributed by atoms with Crippen molar-refractivity contribution in [3.05, 3.63) is 33.8 Å². The topological polar surface area (TPSA) is 21.3 Å². The summed E-state index contributed by atoms with van der Waals surface area (Å²) in [5, 5.41) is 4.76. The minimum Gasteiger partial charge on any atom is -0.385 e. The third kappa shape index (κ3) is 4.30. The number of nitrogens with one attached hydrogen (secondary N) is 1. The molecule has 0 amide bonds. The van der Waals surface area contributed by atoms with E-state index in [0.717, 1.165) is 25.1 Å². The van der Waals surface area contributed by atoms with Crippen LogP contribution in [-0.2, 0) is 4.74 Å². The monoisotopic (exact) mass is 261 g/mol. The predicted molar refractivity (Wildman–Crippen MR) is 69.4 cm³/mol. The van der Waals surface area contributed by atoms with Crippen molar-refractivity contribution >= 4 is 23.2 Å². The van der Waals surface area contributed by atoms with Gasteiger partial charge in [-0.05, 0) is 37.6 Å². The van der Waals surface area contributed by atoms with Crippen LogP contribution in [0.15, 0.2) is 18.2 Å². The third-order valence-corrected chi connectivity index (χ3v) is 2.97. The molecule has 0 radical (unpaired) electrons. The molecule has 0 spiro atoms. The molecule has 0 saturated carbocycles. The van der Waals surface area contributed by atoms with E-state index in [1.54, 1.807) is 13.2 Å². The van der Waals surface area contributed by atoms with Crippen molar-refractivity contribution in [2.75, 3.05) is 20.3 Å². The SMILES string of the molecule is COCCCNC(C)c1ccc(Cl)cc1Cl. The second kappa shape index (κ2) is 7.13. The zero-order chi connectivity index (χ0) is 12.0. The first-order valence-electron chi connectivity index (χ1n) is 5.32. The Morgan fingerprint density at radius 3 is 2.75 bits per heavy atom. The van der Waals surface area contributed by atoms with Gasteiger partial charge in [-0.15, -0.1) is 0 Å². The zero-order valence-corrected chi connectivity index (χ0v) is 11.1. The molecule has 0 saturated heterocycles. The molecule has 0 aromatic heterocycles. The van der Waals surface area contributed by atoms with Gasteiger partial charge in [0.25, 0.3) is 0 Å². The molecule has 16 heavy (non-hydrogen) atoms. The minimum absolute atomic E-state index is 0.224. The molecule has 0 heterocycles. The summed E-state index contributed by atoms with van der Waals surface area (Å²) in [4.78, 5) is 0. The number of hydrogen-bond acceptors (Lipinski definition) is 2. The Kier molecular flexibility index (Phi) is 6.14. The Morgan fingerprint density at radius 1 is 1.38 bits per heavy atom. The Hall–Kier alpha value is -0.280. The van der Waals surface area contributed by atoms with E-state index in [-0.39, 0.29) is 6.04 Å². The fourth-order valence-corrected chi connectivity index (χ4v) is 2.07. The summed E-state index contributed by atoms with van der Waals surface area (Å²) < 4.78 is 4.99.